The highest BCUT2D eigenvalue weighted by atomic mass is 32.1. The molecule has 4 heteroatoms. The van der Waals surface area contributed by atoms with Crippen molar-refractivity contribution in [3.63, 3.8) is 0 Å². The van der Waals surface area contributed by atoms with Crippen LogP contribution < -0.4 is 11.1 Å². The van der Waals surface area contributed by atoms with Gasteiger partial charge in [-0.1, -0.05) is 12.2 Å². The van der Waals surface area contributed by atoms with Gasteiger partial charge < -0.3 is 11.1 Å². The van der Waals surface area contributed by atoms with Crippen molar-refractivity contribution >= 4 is 23.1 Å². The average molecular weight is 200 g/mol. The van der Waals surface area contributed by atoms with Crippen LogP contribution in [0.5, 0.6) is 0 Å². The van der Waals surface area contributed by atoms with Crippen molar-refractivity contribution in [3.8, 4) is 0 Å². The van der Waals surface area contributed by atoms with Gasteiger partial charge in [-0.2, -0.15) is 0 Å². The van der Waals surface area contributed by atoms with Gasteiger partial charge in [0.25, 0.3) is 0 Å². The molecule has 0 aliphatic heterocycles. The lowest BCUT2D eigenvalue weighted by Gasteiger charge is -2.31. The Balaban J connectivity index is 2.50. The zero-order valence-electron chi connectivity index (χ0n) is 8.09. The third kappa shape index (κ3) is 2.18. The van der Waals surface area contributed by atoms with E-state index in [1.165, 1.54) is 6.42 Å². The molecule has 0 atom stereocenters. The molecule has 1 rings (SSSR count). The predicted octanol–water partition coefficient (Wildman–Crippen LogP) is 0.967. The number of rotatable bonds is 3. The Labute approximate surface area is 84.1 Å². The molecule has 0 aromatic rings. The minimum Gasteiger partial charge on any atom is -0.392 e. The molecule has 0 aromatic carbocycles. The Bertz CT molecular complexity index is 234. The summed E-state index contributed by atoms with van der Waals surface area (Å²) in [6.07, 6.45) is 3.37. The van der Waals surface area contributed by atoms with Crippen LogP contribution in [0.4, 0.5) is 0 Å². The molecule has 0 aromatic heterocycles. The quantitative estimate of drug-likeness (QED) is 0.667. The SMILES string of the molecule is CC(C)(C(=O)NC1CCC1)C(N)=S. The Hall–Kier alpha value is -0.640. The number of thiocarbonyl (C=S) groups is 1. The largest absolute Gasteiger partial charge is 0.392 e. The molecule has 1 amide bonds. The molecule has 3 nitrogen and oxygen atoms in total. The van der Waals surface area contributed by atoms with E-state index in [4.69, 9.17) is 18.0 Å². The molecule has 0 heterocycles. The zero-order chi connectivity index (χ0) is 10.1. The Morgan fingerprint density at radius 3 is 2.38 bits per heavy atom. The second kappa shape index (κ2) is 3.62. The van der Waals surface area contributed by atoms with Gasteiger partial charge >= 0.3 is 0 Å². The van der Waals surface area contributed by atoms with Gasteiger partial charge in [-0.3, -0.25) is 4.79 Å². The maximum atomic E-state index is 11.6. The number of nitrogens with one attached hydrogen (secondary N) is 1. The highest BCUT2D eigenvalue weighted by Crippen LogP contribution is 2.21. The van der Waals surface area contributed by atoms with Crippen LogP contribution in [0.3, 0.4) is 0 Å². The lowest BCUT2D eigenvalue weighted by molar-refractivity contribution is -0.127. The summed E-state index contributed by atoms with van der Waals surface area (Å²) < 4.78 is 0. The molecule has 0 radical (unpaired) electrons. The number of nitrogens with two attached hydrogens (primary N) is 1. The van der Waals surface area contributed by atoms with Gasteiger partial charge in [0.05, 0.1) is 10.4 Å². The molecule has 1 aliphatic carbocycles. The Morgan fingerprint density at radius 2 is 2.08 bits per heavy atom. The summed E-state index contributed by atoms with van der Waals surface area (Å²) >= 11 is 4.83. The van der Waals surface area contributed by atoms with Crippen molar-refractivity contribution in [2.75, 3.05) is 0 Å². The monoisotopic (exact) mass is 200 g/mol. The van der Waals surface area contributed by atoms with Crippen molar-refractivity contribution in [1.82, 2.24) is 5.32 Å². The van der Waals surface area contributed by atoms with Gasteiger partial charge in [-0.15, -0.1) is 0 Å². The molecule has 74 valence electrons. The van der Waals surface area contributed by atoms with E-state index in [-0.39, 0.29) is 10.9 Å². The highest BCUT2D eigenvalue weighted by Gasteiger charge is 2.33. The van der Waals surface area contributed by atoms with Gasteiger partial charge in [-0.25, -0.2) is 0 Å². The fourth-order valence-electron chi connectivity index (χ4n) is 1.03. The van der Waals surface area contributed by atoms with Crippen LogP contribution in [-0.2, 0) is 4.79 Å². The number of carbonyl (C=O) groups is 1. The van der Waals surface area contributed by atoms with E-state index < -0.39 is 5.41 Å². The molecule has 1 saturated carbocycles. The fourth-order valence-corrected chi connectivity index (χ4v) is 1.12. The first-order valence-electron chi connectivity index (χ1n) is 4.55. The molecule has 0 spiro atoms. The first-order chi connectivity index (χ1) is 5.94. The first kappa shape index (κ1) is 10.4. The summed E-state index contributed by atoms with van der Waals surface area (Å²) in [6, 6.07) is 0.348. The molecule has 0 unspecified atom stereocenters. The second-order valence-corrected chi connectivity index (χ2v) is 4.53. The van der Waals surface area contributed by atoms with E-state index in [9.17, 15) is 4.79 Å². The normalized spacial score (nSPS) is 17.7. The smallest absolute Gasteiger partial charge is 0.232 e. The van der Waals surface area contributed by atoms with Crippen molar-refractivity contribution in [2.24, 2.45) is 11.1 Å². The van der Waals surface area contributed by atoms with E-state index in [2.05, 4.69) is 5.32 Å². The lowest BCUT2D eigenvalue weighted by Crippen LogP contribution is -2.50. The van der Waals surface area contributed by atoms with Crippen LogP contribution in [0.25, 0.3) is 0 Å². The maximum absolute atomic E-state index is 11.6. The van der Waals surface area contributed by atoms with Gasteiger partial charge in [0.1, 0.15) is 0 Å². The third-order valence-corrected chi connectivity index (χ3v) is 3.13. The minimum absolute atomic E-state index is 0.0512. The zero-order valence-corrected chi connectivity index (χ0v) is 8.91. The molecule has 0 saturated heterocycles. The summed E-state index contributed by atoms with van der Waals surface area (Å²) in [7, 11) is 0. The molecule has 1 fully saturated rings. The van der Waals surface area contributed by atoms with E-state index in [0.29, 0.717) is 6.04 Å². The summed E-state index contributed by atoms with van der Waals surface area (Å²) in [4.78, 5) is 11.9. The summed E-state index contributed by atoms with van der Waals surface area (Å²) in [5.74, 6) is -0.0512. The van der Waals surface area contributed by atoms with E-state index in [0.717, 1.165) is 12.8 Å². The van der Waals surface area contributed by atoms with Crippen molar-refractivity contribution in [3.05, 3.63) is 0 Å². The van der Waals surface area contributed by atoms with Crippen molar-refractivity contribution < 1.29 is 4.79 Å². The number of hydrogen-bond donors (Lipinski definition) is 2. The van der Waals surface area contributed by atoms with Gasteiger partial charge in [0.15, 0.2) is 0 Å². The van der Waals surface area contributed by atoms with Gasteiger partial charge in [0.2, 0.25) is 5.91 Å². The summed E-state index contributed by atoms with van der Waals surface area (Å²) in [6.45, 7) is 3.51. The third-order valence-electron chi connectivity index (χ3n) is 2.62. The summed E-state index contributed by atoms with van der Waals surface area (Å²) in [5.41, 5.74) is 4.76. The Morgan fingerprint density at radius 1 is 1.54 bits per heavy atom. The standard InChI is InChI=1S/C9H16N2OS/c1-9(2,7(10)13)8(12)11-6-4-3-5-6/h6H,3-5H2,1-2H3,(H2,10,13)(H,11,12). The van der Waals surface area contributed by atoms with E-state index >= 15 is 0 Å². The van der Waals surface area contributed by atoms with Gasteiger partial charge in [0, 0.05) is 6.04 Å². The van der Waals surface area contributed by atoms with Gasteiger partial charge in [-0.05, 0) is 33.1 Å². The van der Waals surface area contributed by atoms with Crippen LogP contribution in [0, 0.1) is 5.41 Å². The number of hydrogen-bond acceptors (Lipinski definition) is 2. The second-order valence-electron chi connectivity index (χ2n) is 4.09. The van der Waals surface area contributed by atoms with Crippen molar-refractivity contribution in [2.45, 2.75) is 39.2 Å². The Kier molecular flexibility index (Phi) is 2.91. The molecule has 3 N–H and O–H groups in total. The van der Waals surface area contributed by atoms with Crippen LogP contribution in [0.2, 0.25) is 0 Å². The molecule has 0 bridgehead atoms. The van der Waals surface area contributed by atoms with E-state index in [1.807, 2.05) is 0 Å². The molecule has 13 heavy (non-hydrogen) atoms. The topological polar surface area (TPSA) is 55.1 Å². The molecule has 1 aliphatic rings. The molecular weight excluding hydrogens is 184 g/mol. The highest BCUT2D eigenvalue weighted by molar-refractivity contribution is 7.80. The van der Waals surface area contributed by atoms with Crippen molar-refractivity contribution in [1.29, 1.82) is 0 Å². The summed E-state index contributed by atoms with van der Waals surface area (Å²) in [5, 5.41) is 2.93. The number of carbonyl (C=O) groups excluding carboxylic acids is 1. The first-order valence-corrected chi connectivity index (χ1v) is 4.96. The average Bonchev–Trinajstić information content (AvgIpc) is 1.95. The number of amides is 1. The van der Waals surface area contributed by atoms with E-state index in [1.54, 1.807) is 13.8 Å². The maximum Gasteiger partial charge on any atom is 0.232 e. The van der Waals surface area contributed by atoms with Crippen LogP contribution >= 0.6 is 12.2 Å². The van der Waals surface area contributed by atoms with Crippen LogP contribution in [0.1, 0.15) is 33.1 Å². The predicted molar refractivity (Wildman–Crippen MR) is 56.3 cm³/mol. The van der Waals surface area contributed by atoms with Crippen LogP contribution in [-0.4, -0.2) is 16.9 Å². The fraction of sp³-hybridized carbons (Fsp3) is 0.778. The molecular formula is C9H16N2OS. The minimum atomic E-state index is -0.717. The lowest BCUT2D eigenvalue weighted by atomic mass is 9.88. The van der Waals surface area contributed by atoms with Crippen LogP contribution in [0.15, 0.2) is 0 Å².